The summed E-state index contributed by atoms with van der Waals surface area (Å²) in [6, 6.07) is 55.9. The first-order valence-electron chi connectivity index (χ1n) is 17.5. The third-order valence-electron chi connectivity index (χ3n) is 10.6. The smallest absolute Gasteiger partial charge is 0.0893 e. The highest BCUT2D eigenvalue weighted by Crippen LogP contribution is 2.54. The summed E-state index contributed by atoms with van der Waals surface area (Å²) in [7, 11) is 0. The van der Waals surface area contributed by atoms with E-state index >= 15 is 0 Å². The molecule has 3 aromatic heterocycles. The molecule has 8 aromatic rings. The van der Waals surface area contributed by atoms with Crippen molar-refractivity contribution in [3.05, 3.63) is 188 Å². The SMILES string of the molecule is C[C@@]12C=CC=CC1c1ccccc1N2c1cccc(-c2cccc(-c3cccc(-c4cccc(-n5c6ccccc6c6ccccc65)c4)n3)n2)c1. The van der Waals surface area contributed by atoms with Crippen LogP contribution in [0.3, 0.4) is 0 Å². The van der Waals surface area contributed by atoms with E-state index < -0.39 is 0 Å². The quantitative estimate of drug-likeness (QED) is 0.185. The van der Waals surface area contributed by atoms with E-state index in [1.165, 1.54) is 33.1 Å². The number of nitrogens with zero attached hydrogens (tertiary/aromatic N) is 4. The Hall–Kier alpha value is -6.52. The predicted octanol–water partition coefficient (Wildman–Crippen LogP) is 11.7. The van der Waals surface area contributed by atoms with Gasteiger partial charge in [-0.25, -0.2) is 9.97 Å². The Labute approximate surface area is 297 Å². The van der Waals surface area contributed by atoms with Crippen LogP contribution in [0.4, 0.5) is 11.4 Å². The summed E-state index contributed by atoms with van der Waals surface area (Å²) in [6.07, 6.45) is 9.01. The van der Waals surface area contributed by atoms with Crippen molar-refractivity contribution in [2.24, 2.45) is 0 Å². The zero-order valence-corrected chi connectivity index (χ0v) is 28.2. The lowest BCUT2D eigenvalue weighted by molar-refractivity contribution is 0.542. The molecule has 2 aliphatic rings. The molecule has 0 saturated carbocycles. The molecule has 0 radical (unpaired) electrons. The Balaban J connectivity index is 1.00. The summed E-state index contributed by atoms with van der Waals surface area (Å²) in [6.45, 7) is 2.33. The zero-order valence-electron chi connectivity index (χ0n) is 28.2. The van der Waals surface area contributed by atoms with Gasteiger partial charge in [0.1, 0.15) is 0 Å². The van der Waals surface area contributed by atoms with Crippen LogP contribution in [0.5, 0.6) is 0 Å². The fourth-order valence-electron chi connectivity index (χ4n) is 8.27. The summed E-state index contributed by atoms with van der Waals surface area (Å²) < 4.78 is 2.35. The molecule has 242 valence electrons. The van der Waals surface area contributed by atoms with E-state index in [0.717, 1.165) is 45.3 Å². The third kappa shape index (κ3) is 4.68. The molecule has 1 aliphatic carbocycles. The van der Waals surface area contributed by atoms with Crippen molar-refractivity contribution in [1.82, 2.24) is 14.5 Å². The molecule has 0 amide bonds. The van der Waals surface area contributed by atoms with Gasteiger partial charge in [-0.05, 0) is 79.2 Å². The number of anilines is 2. The number of hydrogen-bond acceptors (Lipinski definition) is 3. The average Bonchev–Trinajstić information content (AvgIpc) is 3.67. The maximum absolute atomic E-state index is 5.18. The van der Waals surface area contributed by atoms with Gasteiger partial charge < -0.3 is 9.47 Å². The molecule has 0 N–H and O–H groups in total. The molecule has 2 atom stereocenters. The van der Waals surface area contributed by atoms with Crippen molar-refractivity contribution >= 4 is 33.2 Å². The minimum Gasteiger partial charge on any atom is -0.331 e. The summed E-state index contributed by atoms with van der Waals surface area (Å²) in [5, 5.41) is 2.50. The normalized spacial score (nSPS) is 17.6. The minimum absolute atomic E-state index is 0.185. The number of rotatable bonds is 5. The van der Waals surface area contributed by atoms with Gasteiger partial charge in [0.2, 0.25) is 0 Å². The molecule has 0 bridgehead atoms. The molecule has 4 heteroatoms. The predicted molar refractivity (Wildman–Crippen MR) is 211 cm³/mol. The van der Waals surface area contributed by atoms with E-state index in [-0.39, 0.29) is 5.54 Å². The maximum atomic E-state index is 5.18. The molecule has 51 heavy (non-hydrogen) atoms. The Kier molecular flexibility index (Phi) is 6.65. The Morgan fingerprint density at radius 2 is 1.06 bits per heavy atom. The highest BCUT2D eigenvalue weighted by atomic mass is 15.2. The van der Waals surface area contributed by atoms with Crippen LogP contribution in [0.1, 0.15) is 18.4 Å². The monoisotopic (exact) mass is 654 g/mol. The highest BCUT2D eigenvalue weighted by Gasteiger charge is 2.46. The zero-order chi connectivity index (χ0) is 33.9. The van der Waals surface area contributed by atoms with Gasteiger partial charge in [0, 0.05) is 44.9 Å². The largest absolute Gasteiger partial charge is 0.331 e. The van der Waals surface area contributed by atoms with Gasteiger partial charge in [0.05, 0.1) is 39.3 Å². The van der Waals surface area contributed by atoms with Crippen molar-refractivity contribution < 1.29 is 0 Å². The van der Waals surface area contributed by atoms with E-state index in [4.69, 9.17) is 9.97 Å². The van der Waals surface area contributed by atoms with Gasteiger partial charge in [-0.1, -0.05) is 115 Å². The Bertz CT molecular complexity index is 2650. The molecule has 5 aromatic carbocycles. The standard InChI is InChI=1S/C47H34N4/c1-47-29-9-8-21-39(47)38-20-4-7-28-46(38)51(47)35-17-11-15-33(31-35)41-23-13-25-43(49-41)42-24-12-22-40(48-42)32-14-10-16-34(30-32)50-44-26-5-2-18-36(44)37-19-3-6-27-45(37)50/h2-31,39H,1H3/t39?,47-/m1/s1. The number of hydrogen-bond donors (Lipinski definition) is 0. The fraction of sp³-hybridized carbons (Fsp3) is 0.0638. The average molecular weight is 655 g/mol. The first kappa shape index (κ1) is 29.4. The van der Waals surface area contributed by atoms with Gasteiger partial charge >= 0.3 is 0 Å². The molecule has 4 heterocycles. The van der Waals surface area contributed by atoms with Crippen molar-refractivity contribution in [3.8, 4) is 39.6 Å². The Morgan fingerprint density at radius 1 is 0.510 bits per heavy atom. The summed E-state index contributed by atoms with van der Waals surface area (Å²) >= 11 is 0. The van der Waals surface area contributed by atoms with E-state index in [1.807, 2.05) is 6.07 Å². The number of para-hydroxylation sites is 3. The number of allylic oxidation sites excluding steroid dienone is 2. The molecule has 4 nitrogen and oxygen atoms in total. The van der Waals surface area contributed by atoms with Gasteiger partial charge in [0.25, 0.3) is 0 Å². The number of pyridine rings is 2. The Morgan fingerprint density at radius 3 is 1.75 bits per heavy atom. The van der Waals surface area contributed by atoms with Gasteiger partial charge in [-0.3, -0.25) is 0 Å². The van der Waals surface area contributed by atoms with Gasteiger partial charge in [-0.15, -0.1) is 0 Å². The maximum Gasteiger partial charge on any atom is 0.0893 e. The van der Waals surface area contributed by atoms with Crippen molar-refractivity contribution in [3.63, 3.8) is 0 Å². The second kappa shape index (κ2) is 11.5. The van der Waals surface area contributed by atoms with Crippen LogP contribution >= 0.6 is 0 Å². The van der Waals surface area contributed by atoms with E-state index in [0.29, 0.717) is 5.92 Å². The summed E-state index contributed by atoms with van der Waals surface area (Å²) in [4.78, 5) is 12.8. The number of fused-ring (bicyclic) bond motifs is 6. The molecular weight excluding hydrogens is 621 g/mol. The summed E-state index contributed by atoms with van der Waals surface area (Å²) in [5.41, 5.74) is 12.7. The molecule has 1 unspecified atom stereocenters. The molecule has 1 aliphatic heterocycles. The summed E-state index contributed by atoms with van der Waals surface area (Å²) in [5.74, 6) is 0.296. The van der Waals surface area contributed by atoms with E-state index in [1.54, 1.807) is 0 Å². The van der Waals surface area contributed by atoms with Crippen LogP contribution in [0.25, 0.3) is 61.4 Å². The van der Waals surface area contributed by atoms with Gasteiger partial charge in [0.15, 0.2) is 0 Å². The molecule has 0 fully saturated rings. The minimum atomic E-state index is -0.185. The van der Waals surface area contributed by atoms with Gasteiger partial charge in [-0.2, -0.15) is 0 Å². The van der Waals surface area contributed by atoms with E-state index in [2.05, 4.69) is 192 Å². The van der Waals surface area contributed by atoms with Crippen LogP contribution < -0.4 is 4.90 Å². The molecular formula is C47H34N4. The van der Waals surface area contributed by atoms with Crippen LogP contribution in [0.2, 0.25) is 0 Å². The molecule has 10 rings (SSSR count). The first-order valence-corrected chi connectivity index (χ1v) is 17.5. The van der Waals surface area contributed by atoms with Crippen molar-refractivity contribution in [2.45, 2.75) is 18.4 Å². The third-order valence-corrected chi connectivity index (χ3v) is 10.6. The van der Waals surface area contributed by atoms with Crippen LogP contribution in [-0.2, 0) is 0 Å². The highest BCUT2D eigenvalue weighted by molar-refractivity contribution is 6.09. The second-order valence-electron chi connectivity index (χ2n) is 13.6. The van der Waals surface area contributed by atoms with Crippen molar-refractivity contribution in [1.29, 1.82) is 0 Å². The molecule has 0 saturated heterocycles. The lowest BCUT2D eigenvalue weighted by Crippen LogP contribution is -2.41. The van der Waals surface area contributed by atoms with Crippen molar-refractivity contribution in [2.75, 3.05) is 4.90 Å². The topological polar surface area (TPSA) is 34.0 Å². The molecule has 0 spiro atoms. The lowest BCUT2D eigenvalue weighted by atomic mass is 9.80. The van der Waals surface area contributed by atoms with E-state index in [9.17, 15) is 0 Å². The number of aromatic nitrogens is 3. The fourth-order valence-corrected chi connectivity index (χ4v) is 8.27. The first-order chi connectivity index (χ1) is 25.2. The van der Waals surface area contributed by atoms with Crippen LogP contribution in [0, 0.1) is 0 Å². The second-order valence-corrected chi connectivity index (χ2v) is 13.6. The number of benzene rings is 5. The van der Waals surface area contributed by atoms with Crippen LogP contribution in [0.15, 0.2) is 182 Å². The van der Waals surface area contributed by atoms with Crippen LogP contribution in [-0.4, -0.2) is 20.1 Å². The lowest BCUT2D eigenvalue weighted by Gasteiger charge is -2.39.